The van der Waals surface area contributed by atoms with Crippen molar-refractivity contribution in [1.29, 1.82) is 0 Å². The van der Waals surface area contributed by atoms with Crippen LogP contribution in [-0.4, -0.2) is 21.1 Å². The highest BCUT2D eigenvalue weighted by molar-refractivity contribution is 5.61. The van der Waals surface area contributed by atoms with E-state index in [1.807, 2.05) is 0 Å². The Hall–Kier alpha value is -2.50. The molecule has 0 saturated carbocycles. The quantitative estimate of drug-likeness (QED) is 0.842. The molecular formula is C19H21FN4O. The monoisotopic (exact) mass is 340 g/mol. The maximum atomic E-state index is 14.1. The summed E-state index contributed by atoms with van der Waals surface area (Å²) in [5.41, 5.74) is 1.75. The largest absolute Gasteiger partial charge is 0.316 e. The fourth-order valence-corrected chi connectivity index (χ4v) is 3.88. The summed E-state index contributed by atoms with van der Waals surface area (Å²) >= 11 is 0. The van der Waals surface area contributed by atoms with Crippen LogP contribution in [0.1, 0.15) is 32.1 Å². The van der Waals surface area contributed by atoms with Gasteiger partial charge >= 0.3 is 0 Å². The third kappa shape index (κ3) is 2.86. The average molecular weight is 340 g/mol. The summed E-state index contributed by atoms with van der Waals surface area (Å²) in [7, 11) is 1.73. The lowest BCUT2D eigenvalue weighted by Crippen LogP contribution is -2.38. The van der Waals surface area contributed by atoms with Gasteiger partial charge in [0.1, 0.15) is 0 Å². The van der Waals surface area contributed by atoms with E-state index in [0.29, 0.717) is 23.1 Å². The van der Waals surface area contributed by atoms with Gasteiger partial charge in [-0.1, -0.05) is 6.08 Å². The number of aromatic nitrogens is 3. The maximum Gasteiger partial charge on any atom is 0.255 e. The highest BCUT2D eigenvalue weighted by atomic mass is 19.1. The molecule has 1 atom stereocenters. The Balaban J connectivity index is 1.83. The van der Waals surface area contributed by atoms with Crippen LogP contribution in [0.5, 0.6) is 0 Å². The predicted octanol–water partition coefficient (Wildman–Crippen LogP) is 3.27. The van der Waals surface area contributed by atoms with Gasteiger partial charge in [-0.3, -0.25) is 14.3 Å². The molecule has 3 heterocycles. The summed E-state index contributed by atoms with van der Waals surface area (Å²) in [6, 6.07) is 2.94. The van der Waals surface area contributed by atoms with Crippen LogP contribution >= 0.6 is 0 Å². The van der Waals surface area contributed by atoms with Gasteiger partial charge in [-0.15, -0.1) is 0 Å². The van der Waals surface area contributed by atoms with Crippen molar-refractivity contribution in [3.05, 3.63) is 52.5 Å². The van der Waals surface area contributed by atoms with Crippen LogP contribution in [0.4, 0.5) is 10.3 Å². The maximum absolute atomic E-state index is 14.1. The number of fused-ring (bicyclic) bond motifs is 1. The molecule has 2 aliphatic rings. The first kappa shape index (κ1) is 16.0. The van der Waals surface area contributed by atoms with Gasteiger partial charge in [-0.2, -0.15) is 0 Å². The van der Waals surface area contributed by atoms with Gasteiger partial charge in [0.2, 0.25) is 5.95 Å². The predicted molar refractivity (Wildman–Crippen MR) is 94.7 cm³/mol. The number of halogens is 1. The molecule has 2 aromatic heterocycles. The summed E-state index contributed by atoms with van der Waals surface area (Å²) in [4.78, 5) is 23.1. The van der Waals surface area contributed by atoms with Gasteiger partial charge in [0.05, 0.1) is 11.9 Å². The van der Waals surface area contributed by atoms with E-state index in [-0.39, 0.29) is 5.56 Å². The Labute approximate surface area is 145 Å². The van der Waals surface area contributed by atoms with Crippen LogP contribution in [0.15, 0.2) is 41.1 Å². The highest BCUT2D eigenvalue weighted by Crippen LogP contribution is 2.37. The first-order valence-corrected chi connectivity index (χ1v) is 8.80. The minimum atomic E-state index is -0.470. The lowest BCUT2D eigenvalue weighted by atomic mass is 9.85. The number of hydrogen-bond acceptors (Lipinski definition) is 4. The number of nitrogens with zero attached hydrogens (tertiary/aromatic N) is 4. The van der Waals surface area contributed by atoms with Crippen LogP contribution in [0.2, 0.25) is 0 Å². The molecule has 0 unspecified atom stereocenters. The molecule has 5 nitrogen and oxygen atoms in total. The van der Waals surface area contributed by atoms with Gasteiger partial charge in [-0.25, -0.2) is 9.37 Å². The topological polar surface area (TPSA) is 51.0 Å². The van der Waals surface area contributed by atoms with Crippen LogP contribution in [-0.2, 0) is 7.05 Å². The molecule has 0 radical (unpaired) electrons. The standard InChI is InChI=1S/C19H21FN4O/c1-23-18(25)11-16(14-8-9-21-12-15(14)20)22-19(23)24-10-4-6-13-5-2-3-7-17(13)24/h7-9,11-13H,2-6,10H2,1H3/t13-/m0/s1. The van der Waals surface area contributed by atoms with Crippen molar-refractivity contribution in [1.82, 2.24) is 14.5 Å². The lowest BCUT2D eigenvalue weighted by molar-refractivity contribution is 0.413. The van der Waals surface area contributed by atoms with E-state index < -0.39 is 5.82 Å². The molecule has 25 heavy (non-hydrogen) atoms. The van der Waals surface area contributed by atoms with Crippen LogP contribution in [0.3, 0.4) is 0 Å². The number of anilines is 1. The molecule has 1 aliphatic carbocycles. The second-order valence-electron chi connectivity index (χ2n) is 6.74. The molecule has 6 heteroatoms. The van der Waals surface area contributed by atoms with Crippen LogP contribution in [0, 0.1) is 11.7 Å². The first-order valence-electron chi connectivity index (χ1n) is 8.80. The number of piperidine rings is 1. The van der Waals surface area contributed by atoms with Crippen molar-refractivity contribution in [2.45, 2.75) is 32.1 Å². The van der Waals surface area contributed by atoms with Crippen molar-refractivity contribution in [3.8, 4) is 11.3 Å². The van der Waals surface area contributed by atoms with E-state index in [9.17, 15) is 9.18 Å². The van der Waals surface area contributed by atoms with Gasteiger partial charge in [0.25, 0.3) is 5.56 Å². The number of rotatable bonds is 2. The number of pyridine rings is 1. The SMILES string of the molecule is Cn1c(N2CCC[C@@H]3CCCC=C32)nc(-c2ccncc2F)cc1=O. The Kier molecular flexibility index (Phi) is 4.11. The van der Waals surface area contributed by atoms with Crippen molar-refractivity contribution in [2.24, 2.45) is 13.0 Å². The highest BCUT2D eigenvalue weighted by Gasteiger charge is 2.29. The zero-order valence-electron chi connectivity index (χ0n) is 14.3. The molecule has 0 bridgehead atoms. The molecule has 1 fully saturated rings. The smallest absolute Gasteiger partial charge is 0.255 e. The molecule has 130 valence electrons. The van der Waals surface area contributed by atoms with Crippen molar-refractivity contribution >= 4 is 5.95 Å². The lowest BCUT2D eigenvalue weighted by Gasteiger charge is -2.39. The molecule has 0 spiro atoms. The fraction of sp³-hybridized carbons (Fsp3) is 0.421. The van der Waals surface area contributed by atoms with E-state index in [1.165, 1.54) is 37.2 Å². The molecule has 2 aromatic rings. The second-order valence-corrected chi connectivity index (χ2v) is 6.74. The van der Waals surface area contributed by atoms with Crippen molar-refractivity contribution < 1.29 is 4.39 Å². The van der Waals surface area contributed by atoms with Gasteiger partial charge in [-0.05, 0) is 44.1 Å². The van der Waals surface area contributed by atoms with E-state index >= 15 is 0 Å². The molecule has 0 aromatic carbocycles. The Morgan fingerprint density at radius 3 is 2.96 bits per heavy atom. The van der Waals surface area contributed by atoms with E-state index in [2.05, 4.69) is 20.9 Å². The minimum absolute atomic E-state index is 0.185. The number of hydrogen-bond donors (Lipinski definition) is 0. The molecule has 1 aliphatic heterocycles. The van der Waals surface area contributed by atoms with E-state index in [1.54, 1.807) is 17.7 Å². The molecular weight excluding hydrogens is 319 g/mol. The average Bonchev–Trinajstić information content (AvgIpc) is 2.64. The Bertz CT molecular complexity index is 889. The molecule has 0 amide bonds. The van der Waals surface area contributed by atoms with E-state index in [0.717, 1.165) is 25.6 Å². The third-order valence-electron chi connectivity index (χ3n) is 5.18. The minimum Gasteiger partial charge on any atom is -0.316 e. The van der Waals surface area contributed by atoms with Gasteiger partial charge in [0.15, 0.2) is 5.82 Å². The summed E-state index contributed by atoms with van der Waals surface area (Å²) in [6.45, 7) is 0.838. The van der Waals surface area contributed by atoms with Gasteiger partial charge < -0.3 is 4.90 Å². The fourth-order valence-electron chi connectivity index (χ4n) is 3.88. The van der Waals surface area contributed by atoms with Gasteiger partial charge in [0, 0.05) is 37.1 Å². The van der Waals surface area contributed by atoms with Crippen molar-refractivity contribution in [2.75, 3.05) is 11.4 Å². The zero-order valence-corrected chi connectivity index (χ0v) is 14.3. The Morgan fingerprint density at radius 1 is 1.28 bits per heavy atom. The normalized spacial score (nSPS) is 20.2. The van der Waals surface area contributed by atoms with Crippen molar-refractivity contribution in [3.63, 3.8) is 0 Å². The molecule has 1 saturated heterocycles. The molecule has 0 N–H and O–H groups in total. The zero-order chi connectivity index (χ0) is 17.4. The Morgan fingerprint density at radius 2 is 2.12 bits per heavy atom. The summed E-state index contributed by atoms with van der Waals surface area (Å²) in [5.74, 6) is 0.667. The third-order valence-corrected chi connectivity index (χ3v) is 5.18. The summed E-state index contributed by atoms with van der Waals surface area (Å²) < 4.78 is 15.7. The molecule has 4 rings (SSSR count). The van der Waals surface area contributed by atoms with E-state index in [4.69, 9.17) is 0 Å². The second kappa shape index (κ2) is 6.43. The first-order chi connectivity index (χ1) is 12.1. The summed E-state index contributed by atoms with van der Waals surface area (Å²) in [5, 5.41) is 0. The summed E-state index contributed by atoms with van der Waals surface area (Å²) in [6.07, 6.45) is 10.7. The number of allylic oxidation sites excluding steroid dienone is 2. The van der Waals surface area contributed by atoms with Crippen LogP contribution < -0.4 is 10.5 Å². The van der Waals surface area contributed by atoms with Crippen LogP contribution in [0.25, 0.3) is 11.3 Å².